The Balaban J connectivity index is 1.81. The second-order valence-electron chi connectivity index (χ2n) is 8.30. The summed E-state index contributed by atoms with van der Waals surface area (Å²) in [6.07, 6.45) is 1.20. The summed E-state index contributed by atoms with van der Waals surface area (Å²) in [6.45, 7) is 9.56. The van der Waals surface area contributed by atoms with E-state index in [1.807, 2.05) is 18.2 Å². The number of anilines is 1. The molecule has 8 heteroatoms. The topological polar surface area (TPSA) is 76.8 Å². The molecule has 1 aromatic carbocycles. The summed E-state index contributed by atoms with van der Waals surface area (Å²) in [4.78, 5) is 13.9. The van der Waals surface area contributed by atoms with Crippen molar-refractivity contribution in [3.63, 3.8) is 0 Å². The van der Waals surface area contributed by atoms with Crippen LogP contribution < -0.4 is 4.90 Å². The highest BCUT2D eigenvalue weighted by Crippen LogP contribution is 2.28. The summed E-state index contributed by atoms with van der Waals surface area (Å²) in [6, 6.07) is 6.94. The molecule has 1 N–H and O–H groups in total. The summed E-state index contributed by atoms with van der Waals surface area (Å²) in [7, 11) is 0.570. The van der Waals surface area contributed by atoms with Crippen LogP contribution in [0.2, 0.25) is 25.7 Å². The lowest BCUT2D eigenvalue weighted by molar-refractivity contribution is 0.0676. The van der Waals surface area contributed by atoms with Gasteiger partial charge in [-0.05, 0) is 30.7 Å². The van der Waals surface area contributed by atoms with Gasteiger partial charge in [-0.2, -0.15) is 5.10 Å². The van der Waals surface area contributed by atoms with Crippen molar-refractivity contribution in [2.24, 2.45) is 0 Å². The Morgan fingerprint density at radius 1 is 1.37 bits per heavy atom. The molecular weight excluding hydrogens is 362 g/mol. The van der Waals surface area contributed by atoms with Crippen LogP contribution in [0.15, 0.2) is 18.2 Å². The van der Waals surface area contributed by atoms with Gasteiger partial charge in [0.15, 0.2) is 5.69 Å². The van der Waals surface area contributed by atoms with Gasteiger partial charge < -0.3 is 19.5 Å². The van der Waals surface area contributed by atoms with Gasteiger partial charge in [0.2, 0.25) is 0 Å². The highest BCUT2D eigenvalue weighted by atomic mass is 28.3. The molecule has 0 amide bonds. The van der Waals surface area contributed by atoms with Crippen molar-refractivity contribution in [1.82, 2.24) is 9.78 Å². The van der Waals surface area contributed by atoms with Crippen molar-refractivity contribution in [3.8, 4) is 0 Å². The predicted molar refractivity (Wildman–Crippen MR) is 108 cm³/mol. The van der Waals surface area contributed by atoms with Crippen molar-refractivity contribution < 1.29 is 19.4 Å². The number of aromatic nitrogens is 2. The molecule has 2 heterocycles. The van der Waals surface area contributed by atoms with Gasteiger partial charge in [-0.3, -0.25) is 0 Å². The second kappa shape index (κ2) is 8.00. The number of fused-ring (bicyclic) bond motifs is 1. The normalized spacial score (nSPS) is 17.8. The Hall–Kier alpha value is -1.90. The third-order valence-corrected chi connectivity index (χ3v) is 6.69. The van der Waals surface area contributed by atoms with Crippen LogP contribution in [0.4, 0.5) is 5.69 Å². The SMILES string of the molecule is CO[C@H]1CCN(c2ccc3c(c2)c(C(=O)O)nn3COCC[Si](C)(C)C)C1. The van der Waals surface area contributed by atoms with Crippen LogP contribution in [0.25, 0.3) is 10.9 Å². The lowest BCUT2D eigenvalue weighted by Crippen LogP contribution is -2.22. The van der Waals surface area contributed by atoms with E-state index in [1.54, 1.807) is 11.8 Å². The number of benzene rings is 1. The summed E-state index contributed by atoms with van der Waals surface area (Å²) in [5.74, 6) is -1.02. The molecule has 0 spiro atoms. The van der Waals surface area contributed by atoms with Crippen molar-refractivity contribution in [2.75, 3.05) is 31.7 Å². The van der Waals surface area contributed by atoms with E-state index < -0.39 is 14.0 Å². The molecule has 1 aliphatic rings. The molecule has 1 aromatic heterocycles. The predicted octanol–water partition coefficient (Wildman–Crippen LogP) is 3.27. The molecular formula is C19H29N3O4Si. The molecule has 0 radical (unpaired) electrons. The molecule has 0 bridgehead atoms. The number of carboxylic acids is 1. The Morgan fingerprint density at radius 3 is 2.78 bits per heavy atom. The molecule has 1 aliphatic heterocycles. The van der Waals surface area contributed by atoms with E-state index in [9.17, 15) is 9.90 Å². The monoisotopic (exact) mass is 391 g/mol. The maximum Gasteiger partial charge on any atom is 0.357 e. The fourth-order valence-electron chi connectivity index (χ4n) is 3.30. The zero-order chi connectivity index (χ0) is 19.6. The van der Waals surface area contributed by atoms with E-state index in [0.717, 1.165) is 36.8 Å². The zero-order valence-electron chi connectivity index (χ0n) is 16.6. The second-order valence-corrected chi connectivity index (χ2v) is 13.9. The Bertz CT molecular complexity index is 815. The highest BCUT2D eigenvalue weighted by molar-refractivity contribution is 6.76. The van der Waals surface area contributed by atoms with Gasteiger partial charge in [0.05, 0.1) is 11.6 Å². The van der Waals surface area contributed by atoms with Gasteiger partial charge >= 0.3 is 5.97 Å². The van der Waals surface area contributed by atoms with Crippen LogP contribution in [0.3, 0.4) is 0 Å². The molecule has 3 rings (SSSR count). The summed E-state index contributed by atoms with van der Waals surface area (Å²) in [5.41, 5.74) is 1.86. The molecule has 27 heavy (non-hydrogen) atoms. The number of rotatable bonds is 8. The minimum absolute atomic E-state index is 0.0723. The van der Waals surface area contributed by atoms with E-state index in [2.05, 4.69) is 29.6 Å². The Labute approximate surface area is 160 Å². The van der Waals surface area contributed by atoms with Crippen LogP contribution >= 0.6 is 0 Å². The van der Waals surface area contributed by atoms with Crippen LogP contribution in [0.1, 0.15) is 16.9 Å². The van der Waals surface area contributed by atoms with Crippen molar-refractivity contribution in [2.45, 2.75) is 44.9 Å². The largest absolute Gasteiger partial charge is 0.476 e. The van der Waals surface area contributed by atoms with Gasteiger partial charge in [-0.15, -0.1) is 0 Å². The number of methoxy groups -OCH3 is 1. The van der Waals surface area contributed by atoms with Crippen LogP contribution in [-0.2, 0) is 16.2 Å². The summed E-state index contributed by atoms with van der Waals surface area (Å²) < 4.78 is 12.8. The standard InChI is InChI=1S/C19H29N3O4Si/c1-25-15-7-8-21(12-15)14-5-6-17-16(11-14)18(19(23)24)20-22(17)13-26-9-10-27(2,3)4/h5-6,11,15H,7-10,12-13H2,1-4H3,(H,23,24)/t15-/m0/s1. The van der Waals surface area contributed by atoms with E-state index >= 15 is 0 Å². The van der Waals surface area contributed by atoms with Crippen molar-refractivity contribution >= 4 is 30.6 Å². The van der Waals surface area contributed by atoms with Gasteiger partial charge in [-0.25, -0.2) is 9.48 Å². The number of ether oxygens (including phenoxy) is 2. The fraction of sp³-hybridized carbons (Fsp3) is 0.579. The lowest BCUT2D eigenvalue weighted by atomic mass is 10.1. The van der Waals surface area contributed by atoms with E-state index in [-0.39, 0.29) is 18.5 Å². The maximum atomic E-state index is 11.7. The Kier molecular flexibility index (Phi) is 5.88. The summed E-state index contributed by atoms with van der Waals surface area (Å²) >= 11 is 0. The van der Waals surface area contributed by atoms with Gasteiger partial charge in [-0.1, -0.05) is 19.6 Å². The van der Waals surface area contributed by atoms with Crippen molar-refractivity contribution in [3.05, 3.63) is 23.9 Å². The molecule has 1 fully saturated rings. The molecule has 0 unspecified atom stereocenters. The molecule has 7 nitrogen and oxygen atoms in total. The average molecular weight is 392 g/mol. The first-order valence-electron chi connectivity index (χ1n) is 9.38. The average Bonchev–Trinajstić information content (AvgIpc) is 3.22. The minimum atomic E-state index is -1.16. The third kappa shape index (κ3) is 4.69. The number of hydrogen-bond donors (Lipinski definition) is 1. The smallest absolute Gasteiger partial charge is 0.357 e. The summed E-state index contributed by atoms with van der Waals surface area (Å²) in [5, 5.41) is 14.5. The first kappa shape index (κ1) is 19.8. The third-order valence-electron chi connectivity index (χ3n) is 4.99. The fourth-order valence-corrected chi connectivity index (χ4v) is 4.06. The zero-order valence-corrected chi connectivity index (χ0v) is 17.6. The number of carbonyl (C=O) groups is 1. The van der Waals surface area contributed by atoms with E-state index in [0.29, 0.717) is 12.0 Å². The molecule has 2 aromatic rings. The van der Waals surface area contributed by atoms with E-state index in [1.165, 1.54) is 0 Å². The molecule has 0 saturated carbocycles. The van der Waals surface area contributed by atoms with Crippen LogP contribution in [0, 0.1) is 0 Å². The number of hydrogen-bond acceptors (Lipinski definition) is 5. The van der Waals surface area contributed by atoms with E-state index in [4.69, 9.17) is 9.47 Å². The quantitative estimate of drug-likeness (QED) is 0.550. The molecule has 148 valence electrons. The van der Waals surface area contributed by atoms with Crippen molar-refractivity contribution in [1.29, 1.82) is 0 Å². The molecule has 1 saturated heterocycles. The number of aromatic carboxylic acids is 1. The highest BCUT2D eigenvalue weighted by Gasteiger charge is 2.24. The molecule has 0 aliphatic carbocycles. The first-order valence-corrected chi connectivity index (χ1v) is 13.1. The first-order chi connectivity index (χ1) is 12.8. The number of carboxylic acid groups (broad SMARTS) is 1. The molecule has 1 atom stereocenters. The Morgan fingerprint density at radius 2 is 2.15 bits per heavy atom. The van der Waals surface area contributed by atoms with Gasteiger partial charge in [0, 0.05) is 46.0 Å². The van der Waals surface area contributed by atoms with Crippen LogP contribution in [0.5, 0.6) is 0 Å². The minimum Gasteiger partial charge on any atom is -0.476 e. The number of nitrogens with zero attached hydrogens (tertiary/aromatic N) is 3. The van der Waals surface area contributed by atoms with Gasteiger partial charge in [0.25, 0.3) is 0 Å². The maximum absolute atomic E-state index is 11.7. The van der Waals surface area contributed by atoms with Gasteiger partial charge in [0.1, 0.15) is 6.73 Å². The van der Waals surface area contributed by atoms with Crippen LogP contribution in [-0.4, -0.2) is 61.8 Å². The lowest BCUT2D eigenvalue weighted by Gasteiger charge is -2.18.